The van der Waals surface area contributed by atoms with Gasteiger partial charge in [-0.2, -0.15) is 0 Å². The molecule has 4 N–H and O–H groups in total. The predicted octanol–water partition coefficient (Wildman–Crippen LogP) is -1.06. The number of rotatable bonds is 5. The summed E-state index contributed by atoms with van der Waals surface area (Å²) in [7, 11) is -3.64. The maximum atomic E-state index is 11.4. The van der Waals surface area contributed by atoms with Crippen LogP contribution in [0.25, 0.3) is 0 Å². The Morgan fingerprint density at radius 2 is 2.24 bits per heavy atom. The zero-order valence-corrected chi connectivity index (χ0v) is 9.36. The van der Waals surface area contributed by atoms with Crippen molar-refractivity contribution < 1.29 is 18.1 Å². The number of amides is 1. The number of carbonyl (C=O) groups excluding carboxylic acids is 1. The molecule has 0 unspecified atom stereocenters. The summed E-state index contributed by atoms with van der Waals surface area (Å²) in [6.07, 6.45) is 1.06. The van der Waals surface area contributed by atoms with Gasteiger partial charge in [0, 0.05) is 12.6 Å². The minimum atomic E-state index is -3.64. The third-order valence-electron chi connectivity index (χ3n) is 1.80. The lowest BCUT2D eigenvalue weighted by molar-refractivity contribution is -0.384. The summed E-state index contributed by atoms with van der Waals surface area (Å²) in [6.45, 7) is -0.162. The highest BCUT2D eigenvalue weighted by atomic mass is 32.2. The Bertz CT molecular complexity index is 534. The van der Waals surface area contributed by atoms with Crippen LogP contribution in [0.15, 0.2) is 12.3 Å². The van der Waals surface area contributed by atoms with Crippen LogP contribution in [-0.4, -0.2) is 36.5 Å². The standard InChI is InChI=1S/C7H10N4O5S/c8-17(15,16)2-1-9-7(12)6-3-5(4-10-6)11(13)14/h3-4,10H,1-2H2,(H,9,12)(H2,8,15,16). The molecule has 0 saturated heterocycles. The van der Waals surface area contributed by atoms with Gasteiger partial charge in [-0.15, -0.1) is 0 Å². The van der Waals surface area contributed by atoms with E-state index in [1.54, 1.807) is 0 Å². The van der Waals surface area contributed by atoms with Crippen LogP contribution in [0.1, 0.15) is 10.5 Å². The van der Waals surface area contributed by atoms with Crippen LogP contribution in [0.4, 0.5) is 5.69 Å². The Labute approximate surface area is 96.2 Å². The molecule has 1 heterocycles. The highest BCUT2D eigenvalue weighted by Crippen LogP contribution is 2.11. The molecule has 0 radical (unpaired) electrons. The molecule has 10 heteroatoms. The molecule has 0 fully saturated rings. The second-order valence-corrected chi connectivity index (χ2v) is 4.89. The third kappa shape index (κ3) is 4.20. The summed E-state index contributed by atoms with van der Waals surface area (Å²) in [5.41, 5.74) is -0.271. The number of carbonyl (C=O) groups is 1. The van der Waals surface area contributed by atoms with E-state index in [0.29, 0.717) is 0 Å². The Balaban J connectivity index is 2.55. The lowest BCUT2D eigenvalue weighted by Gasteiger charge is -2.01. The van der Waals surface area contributed by atoms with Crippen molar-refractivity contribution in [1.29, 1.82) is 0 Å². The first-order valence-electron chi connectivity index (χ1n) is 4.41. The fourth-order valence-corrected chi connectivity index (χ4v) is 1.41. The van der Waals surface area contributed by atoms with Crippen molar-refractivity contribution in [3.63, 3.8) is 0 Å². The largest absolute Gasteiger partial charge is 0.351 e. The summed E-state index contributed by atoms with van der Waals surface area (Å²) >= 11 is 0. The van der Waals surface area contributed by atoms with Gasteiger partial charge < -0.3 is 10.3 Å². The number of aromatic amines is 1. The summed E-state index contributed by atoms with van der Waals surface area (Å²) < 4.78 is 21.1. The molecule has 1 aromatic rings. The predicted molar refractivity (Wildman–Crippen MR) is 57.8 cm³/mol. The Hall–Kier alpha value is -1.94. The Morgan fingerprint density at radius 1 is 1.59 bits per heavy atom. The van der Waals surface area contributed by atoms with Gasteiger partial charge >= 0.3 is 0 Å². The van der Waals surface area contributed by atoms with Crippen molar-refractivity contribution in [2.24, 2.45) is 5.14 Å². The van der Waals surface area contributed by atoms with Crippen molar-refractivity contribution in [3.8, 4) is 0 Å². The first-order valence-corrected chi connectivity index (χ1v) is 6.12. The molecule has 0 aliphatic heterocycles. The number of aromatic nitrogens is 1. The van der Waals surface area contributed by atoms with Crippen LogP contribution in [0.2, 0.25) is 0 Å². The Morgan fingerprint density at radius 3 is 2.71 bits per heavy atom. The lowest BCUT2D eigenvalue weighted by atomic mass is 10.4. The zero-order valence-electron chi connectivity index (χ0n) is 8.54. The van der Waals surface area contributed by atoms with Crippen molar-refractivity contribution in [3.05, 3.63) is 28.1 Å². The number of nitrogens with zero attached hydrogens (tertiary/aromatic N) is 1. The quantitative estimate of drug-likeness (QED) is 0.457. The maximum absolute atomic E-state index is 11.4. The molecule has 94 valence electrons. The van der Waals surface area contributed by atoms with Gasteiger partial charge in [0.05, 0.1) is 16.9 Å². The number of sulfonamides is 1. The molecule has 0 aromatic carbocycles. The van der Waals surface area contributed by atoms with E-state index in [1.165, 1.54) is 0 Å². The smallest absolute Gasteiger partial charge is 0.287 e. The summed E-state index contributed by atoms with van der Waals surface area (Å²) in [4.78, 5) is 23.5. The number of primary sulfonamides is 1. The highest BCUT2D eigenvalue weighted by molar-refractivity contribution is 7.89. The van der Waals surface area contributed by atoms with Crippen LogP contribution in [-0.2, 0) is 10.0 Å². The summed E-state index contributed by atoms with van der Waals surface area (Å²) in [5, 5.41) is 17.3. The van der Waals surface area contributed by atoms with Crippen molar-refractivity contribution in [2.45, 2.75) is 0 Å². The van der Waals surface area contributed by atoms with E-state index >= 15 is 0 Å². The molecule has 0 aliphatic rings. The van der Waals surface area contributed by atoms with E-state index < -0.39 is 26.6 Å². The van der Waals surface area contributed by atoms with Crippen LogP contribution in [0.5, 0.6) is 0 Å². The van der Waals surface area contributed by atoms with Gasteiger partial charge in [-0.1, -0.05) is 0 Å². The van der Waals surface area contributed by atoms with Crippen molar-refractivity contribution in [1.82, 2.24) is 10.3 Å². The molecule has 1 aromatic heterocycles. The second kappa shape index (κ2) is 4.93. The van der Waals surface area contributed by atoms with Crippen molar-refractivity contribution >= 4 is 21.6 Å². The van der Waals surface area contributed by atoms with Crippen molar-refractivity contribution in [2.75, 3.05) is 12.3 Å². The minimum Gasteiger partial charge on any atom is -0.351 e. The molecular formula is C7H10N4O5S. The number of H-pyrrole nitrogens is 1. The molecule has 0 spiro atoms. The number of hydrogen-bond acceptors (Lipinski definition) is 5. The van der Waals surface area contributed by atoms with Crippen LogP contribution in [0, 0.1) is 10.1 Å². The molecule has 1 amide bonds. The van der Waals surface area contributed by atoms with Gasteiger partial charge in [0.25, 0.3) is 11.6 Å². The second-order valence-electron chi connectivity index (χ2n) is 3.15. The Kier molecular flexibility index (Phi) is 3.81. The molecule has 9 nitrogen and oxygen atoms in total. The molecular weight excluding hydrogens is 252 g/mol. The summed E-state index contributed by atoms with van der Waals surface area (Å²) in [6, 6.07) is 1.05. The number of hydrogen-bond donors (Lipinski definition) is 3. The monoisotopic (exact) mass is 262 g/mol. The average molecular weight is 262 g/mol. The number of nitrogens with two attached hydrogens (primary N) is 1. The molecule has 0 bridgehead atoms. The molecule has 1 rings (SSSR count). The van der Waals surface area contributed by atoms with Gasteiger partial charge in [0.15, 0.2) is 0 Å². The van der Waals surface area contributed by atoms with Gasteiger partial charge in [0.2, 0.25) is 10.0 Å². The highest BCUT2D eigenvalue weighted by Gasteiger charge is 2.14. The fraction of sp³-hybridized carbons (Fsp3) is 0.286. The normalized spacial score (nSPS) is 11.1. The van der Waals surface area contributed by atoms with E-state index in [0.717, 1.165) is 12.3 Å². The van der Waals surface area contributed by atoms with E-state index in [9.17, 15) is 23.3 Å². The van der Waals surface area contributed by atoms with E-state index in [-0.39, 0.29) is 17.9 Å². The van der Waals surface area contributed by atoms with E-state index in [1.807, 2.05) is 0 Å². The first kappa shape index (κ1) is 13.1. The first-order chi connectivity index (χ1) is 7.79. The molecule has 0 saturated carbocycles. The third-order valence-corrected chi connectivity index (χ3v) is 2.57. The zero-order chi connectivity index (χ0) is 13.1. The summed E-state index contributed by atoms with van der Waals surface area (Å²) in [5.74, 6) is -1.04. The average Bonchev–Trinajstić information content (AvgIpc) is 2.63. The number of nitro groups is 1. The van der Waals surface area contributed by atoms with Crippen LogP contribution < -0.4 is 10.5 Å². The van der Waals surface area contributed by atoms with E-state index in [2.05, 4.69) is 10.3 Å². The van der Waals surface area contributed by atoms with Gasteiger partial charge in [-0.3, -0.25) is 14.9 Å². The lowest BCUT2D eigenvalue weighted by Crippen LogP contribution is -2.31. The van der Waals surface area contributed by atoms with Gasteiger partial charge in [-0.25, -0.2) is 13.6 Å². The molecule has 17 heavy (non-hydrogen) atoms. The SMILES string of the molecule is NS(=O)(=O)CCNC(=O)c1cc([N+](=O)[O-])c[nH]1. The van der Waals surface area contributed by atoms with E-state index in [4.69, 9.17) is 5.14 Å². The topological polar surface area (TPSA) is 148 Å². The molecule has 0 atom stereocenters. The fourth-order valence-electron chi connectivity index (χ4n) is 1.02. The number of nitrogens with one attached hydrogen (secondary N) is 2. The molecule has 0 aliphatic carbocycles. The maximum Gasteiger partial charge on any atom is 0.287 e. The van der Waals surface area contributed by atoms with Gasteiger partial charge in [-0.05, 0) is 0 Å². The van der Waals surface area contributed by atoms with Crippen LogP contribution >= 0.6 is 0 Å². The minimum absolute atomic E-state index is 0.0221. The van der Waals surface area contributed by atoms with Gasteiger partial charge in [0.1, 0.15) is 5.69 Å². The van der Waals surface area contributed by atoms with Crippen LogP contribution in [0.3, 0.4) is 0 Å².